The van der Waals surface area contributed by atoms with Crippen LogP contribution in [-0.2, 0) is 5.60 Å². The Morgan fingerprint density at radius 3 is 2.44 bits per heavy atom. The van der Waals surface area contributed by atoms with Crippen molar-refractivity contribution in [1.29, 1.82) is 0 Å². The summed E-state index contributed by atoms with van der Waals surface area (Å²) in [5, 5.41) is 10.8. The Morgan fingerprint density at radius 2 is 1.88 bits per heavy atom. The maximum atomic E-state index is 10.0. The number of hydrogen-bond acceptors (Lipinski definition) is 2. The molecule has 1 aliphatic heterocycles. The first-order valence-corrected chi connectivity index (χ1v) is 6.34. The minimum absolute atomic E-state index is 0.576. The van der Waals surface area contributed by atoms with Crippen LogP contribution in [-0.4, -0.2) is 18.2 Å². The molecular weight excluding hydrogens is 222 g/mol. The van der Waals surface area contributed by atoms with E-state index in [9.17, 15) is 5.11 Å². The lowest BCUT2D eigenvalue weighted by Crippen LogP contribution is -2.18. The van der Waals surface area contributed by atoms with Crippen LogP contribution < -0.4 is 4.90 Å². The lowest BCUT2D eigenvalue weighted by molar-refractivity contribution is 0.151. The molecule has 16 heavy (non-hydrogen) atoms. The number of aliphatic hydroxyl groups is 1. The van der Waals surface area contributed by atoms with E-state index < -0.39 is 5.60 Å². The van der Waals surface area contributed by atoms with Gasteiger partial charge in [-0.3, -0.25) is 0 Å². The first-order valence-electron chi connectivity index (χ1n) is 5.96. The van der Waals surface area contributed by atoms with Crippen molar-refractivity contribution < 1.29 is 5.11 Å². The highest BCUT2D eigenvalue weighted by Crippen LogP contribution is 2.46. The van der Waals surface area contributed by atoms with Crippen molar-refractivity contribution in [3.63, 3.8) is 0 Å². The van der Waals surface area contributed by atoms with Crippen molar-refractivity contribution in [3.8, 4) is 0 Å². The number of rotatable bonds is 2. The molecule has 1 aromatic carbocycles. The number of anilines is 1. The molecule has 1 saturated carbocycles. The molecule has 2 aliphatic rings. The van der Waals surface area contributed by atoms with E-state index >= 15 is 0 Å². The number of halogens is 1. The van der Waals surface area contributed by atoms with Gasteiger partial charge in [0.2, 0.25) is 0 Å². The predicted molar refractivity (Wildman–Crippen MR) is 66.0 cm³/mol. The fourth-order valence-corrected chi connectivity index (χ4v) is 2.72. The molecule has 0 atom stereocenters. The van der Waals surface area contributed by atoms with Crippen LogP contribution in [0.15, 0.2) is 18.2 Å². The lowest BCUT2D eigenvalue weighted by atomic mass is 10.1. The molecule has 3 rings (SSSR count). The predicted octanol–water partition coefficient (Wildman–Crippen LogP) is 2.92. The van der Waals surface area contributed by atoms with Crippen molar-refractivity contribution in [2.45, 2.75) is 31.3 Å². The van der Waals surface area contributed by atoms with E-state index in [-0.39, 0.29) is 0 Å². The average Bonchev–Trinajstić information content (AvgIpc) is 2.82. The van der Waals surface area contributed by atoms with Gasteiger partial charge in [0.25, 0.3) is 0 Å². The Bertz CT molecular complexity index is 408. The van der Waals surface area contributed by atoms with Crippen molar-refractivity contribution in [1.82, 2.24) is 0 Å². The zero-order valence-electron chi connectivity index (χ0n) is 9.25. The molecule has 1 saturated heterocycles. The molecule has 1 heterocycles. The molecule has 0 unspecified atom stereocenters. The molecule has 2 fully saturated rings. The van der Waals surface area contributed by atoms with Gasteiger partial charge >= 0.3 is 0 Å². The lowest BCUT2D eigenvalue weighted by Gasteiger charge is -2.20. The van der Waals surface area contributed by atoms with Gasteiger partial charge in [-0.2, -0.15) is 0 Å². The largest absolute Gasteiger partial charge is 0.385 e. The van der Waals surface area contributed by atoms with Crippen molar-refractivity contribution in [2.75, 3.05) is 18.0 Å². The highest BCUT2D eigenvalue weighted by Gasteiger charge is 2.42. The van der Waals surface area contributed by atoms with Crippen LogP contribution in [0, 0.1) is 0 Å². The zero-order valence-corrected chi connectivity index (χ0v) is 10.0. The van der Waals surface area contributed by atoms with Crippen LogP contribution in [0.1, 0.15) is 31.2 Å². The van der Waals surface area contributed by atoms with Crippen molar-refractivity contribution >= 4 is 17.3 Å². The molecular formula is C13H16ClNO. The summed E-state index contributed by atoms with van der Waals surface area (Å²) in [6, 6.07) is 6.01. The van der Waals surface area contributed by atoms with Gasteiger partial charge in [0.05, 0.1) is 16.3 Å². The smallest absolute Gasteiger partial charge is 0.0899 e. The summed E-state index contributed by atoms with van der Waals surface area (Å²) < 4.78 is 0. The molecule has 0 bridgehead atoms. The minimum atomic E-state index is -0.576. The Balaban J connectivity index is 1.90. The van der Waals surface area contributed by atoms with Crippen molar-refractivity contribution in [2.24, 2.45) is 0 Å². The zero-order chi connectivity index (χ0) is 11.2. The highest BCUT2D eigenvalue weighted by atomic mass is 35.5. The third-order valence-electron chi connectivity index (χ3n) is 3.66. The van der Waals surface area contributed by atoms with E-state index in [1.165, 1.54) is 12.8 Å². The topological polar surface area (TPSA) is 23.5 Å². The molecule has 1 N–H and O–H groups in total. The Labute approximate surface area is 101 Å². The maximum absolute atomic E-state index is 10.0. The molecule has 0 aromatic heterocycles. The second-order valence-electron chi connectivity index (χ2n) is 4.89. The molecule has 3 heteroatoms. The number of benzene rings is 1. The van der Waals surface area contributed by atoms with Gasteiger partial charge in [0, 0.05) is 13.1 Å². The first-order chi connectivity index (χ1) is 7.69. The van der Waals surface area contributed by atoms with E-state index in [0.29, 0.717) is 0 Å². The number of hydrogen-bond donors (Lipinski definition) is 1. The second-order valence-corrected chi connectivity index (χ2v) is 5.30. The summed E-state index contributed by atoms with van der Waals surface area (Å²) in [4.78, 5) is 2.32. The normalized spacial score (nSPS) is 22.5. The molecule has 86 valence electrons. The molecule has 0 amide bonds. The fourth-order valence-electron chi connectivity index (χ4n) is 2.42. The van der Waals surface area contributed by atoms with E-state index in [1.807, 2.05) is 12.1 Å². The van der Waals surface area contributed by atoms with Crippen LogP contribution >= 0.6 is 11.6 Å². The summed E-state index contributed by atoms with van der Waals surface area (Å²) >= 11 is 6.29. The average molecular weight is 238 g/mol. The van der Waals surface area contributed by atoms with Crippen LogP contribution in [0.3, 0.4) is 0 Å². The third kappa shape index (κ3) is 1.70. The second kappa shape index (κ2) is 3.64. The molecule has 0 spiro atoms. The molecule has 1 aliphatic carbocycles. The van der Waals surface area contributed by atoms with Crippen LogP contribution in [0.5, 0.6) is 0 Å². The van der Waals surface area contributed by atoms with Crippen LogP contribution in [0.2, 0.25) is 5.02 Å². The van der Waals surface area contributed by atoms with Crippen molar-refractivity contribution in [3.05, 3.63) is 28.8 Å². The number of nitrogens with zero attached hydrogens (tertiary/aromatic N) is 1. The van der Waals surface area contributed by atoms with E-state index in [0.717, 1.165) is 42.2 Å². The fraction of sp³-hybridized carbons (Fsp3) is 0.538. The summed E-state index contributed by atoms with van der Waals surface area (Å²) in [5.74, 6) is 0. The van der Waals surface area contributed by atoms with Gasteiger partial charge in [-0.05, 0) is 43.4 Å². The van der Waals surface area contributed by atoms with E-state index in [4.69, 9.17) is 11.6 Å². The van der Waals surface area contributed by atoms with Gasteiger partial charge in [-0.25, -0.2) is 0 Å². The highest BCUT2D eigenvalue weighted by molar-refractivity contribution is 6.33. The Morgan fingerprint density at radius 1 is 1.19 bits per heavy atom. The Kier molecular flexibility index (Phi) is 2.37. The standard InChI is InChI=1S/C13H16ClNO/c14-11-9-10(13(16)5-6-13)3-4-12(11)15-7-1-2-8-15/h3-4,9,16H,1-2,5-8H2. The van der Waals surface area contributed by atoms with Gasteiger partial charge in [0.1, 0.15) is 0 Å². The SMILES string of the molecule is OC1(c2ccc(N3CCCC3)c(Cl)c2)CC1. The summed E-state index contributed by atoms with van der Waals surface area (Å²) in [6.07, 6.45) is 4.24. The molecule has 1 aromatic rings. The van der Waals surface area contributed by atoms with E-state index in [2.05, 4.69) is 11.0 Å². The quantitative estimate of drug-likeness (QED) is 0.855. The van der Waals surface area contributed by atoms with E-state index in [1.54, 1.807) is 0 Å². The third-order valence-corrected chi connectivity index (χ3v) is 3.96. The summed E-state index contributed by atoms with van der Waals surface area (Å²) in [5.41, 5.74) is 1.51. The summed E-state index contributed by atoms with van der Waals surface area (Å²) in [6.45, 7) is 2.20. The van der Waals surface area contributed by atoms with Gasteiger partial charge in [0.15, 0.2) is 0 Å². The summed E-state index contributed by atoms with van der Waals surface area (Å²) in [7, 11) is 0. The van der Waals surface area contributed by atoms with Gasteiger partial charge < -0.3 is 10.0 Å². The monoisotopic (exact) mass is 237 g/mol. The first kappa shape index (κ1) is 10.4. The maximum Gasteiger partial charge on any atom is 0.0899 e. The molecule has 0 radical (unpaired) electrons. The Hall–Kier alpha value is -0.730. The van der Waals surface area contributed by atoms with Crippen LogP contribution in [0.4, 0.5) is 5.69 Å². The van der Waals surface area contributed by atoms with Crippen LogP contribution in [0.25, 0.3) is 0 Å². The minimum Gasteiger partial charge on any atom is -0.385 e. The van der Waals surface area contributed by atoms with Gasteiger partial charge in [-0.1, -0.05) is 17.7 Å². The van der Waals surface area contributed by atoms with Gasteiger partial charge in [-0.15, -0.1) is 0 Å². The molecule has 2 nitrogen and oxygen atoms in total.